The van der Waals surface area contributed by atoms with Crippen molar-refractivity contribution in [1.29, 1.82) is 5.26 Å². The standard InChI is InChI=1S/C21H19F4N7/c1-12-7-13(20-30-28-11-31(20)2)5-6-32(12)19-15(9-26)8-16(21(23,24)25)29-18(19)14-3-4-17(22)27-10-14/h3-4,8,10-13H,5-7H2,1-2H3/t12-,13+/m0/s1. The molecule has 2 atom stereocenters. The lowest BCUT2D eigenvalue weighted by Crippen LogP contribution is -2.41. The highest BCUT2D eigenvalue weighted by molar-refractivity contribution is 5.80. The second-order valence-electron chi connectivity index (χ2n) is 7.80. The Morgan fingerprint density at radius 2 is 2.03 bits per heavy atom. The van der Waals surface area contributed by atoms with Gasteiger partial charge in [-0.1, -0.05) is 0 Å². The van der Waals surface area contributed by atoms with Gasteiger partial charge in [-0.25, -0.2) is 9.97 Å². The molecule has 1 fully saturated rings. The lowest BCUT2D eigenvalue weighted by molar-refractivity contribution is -0.141. The van der Waals surface area contributed by atoms with Gasteiger partial charge >= 0.3 is 6.18 Å². The predicted molar refractivity (Wildman–Crippen MR) is 107 cm³/mol. The maximum absolute atomic E-state index is 13.5. The summed E-state index contributed by atoms with van der Waals surface area (Å²) >= 11 is 0. The van der Waals surface area contributed by atoms with Crippen molar-refractivity contribution in [3.05, 3.63) is 53.8 Å². The Bertz CT molecular complexity index is 1160. The summed E-state index contributed by atoms with van der Waals surface area (Å²) in [6.45, 7) is 2.41. The van der Waals surface area contributed by atoms with Crippen LogP contribution in [0, 0.1) is 17.3 Å². The second kappa shape index (κ2) is 8.18. The molecule has 3 aromatic rings. The summed E-state index contributed by atoms with van der Waals surface area (Å²) in [6.07, 6.45) is -0.654. The lowest BCUT2D eigenvalue weighted by Gasteiger charge is -2.40. The highest BCUT2D eigenvalue weighted by Gasteiger charge is 2.37. The molecule has 0 radical (unpaired) electrons. The van der Waals surface area contributed by atoms with E-state index in [1.807, 2.05) is 29.5 Å². The Balaban J connectivity index is 1.80. The van der Waals surface area contributed by atoms with Gasteiger partial charge in [0.2, 0.25) is 5.95 Å². The first-order chi connectivity index (χ1) is 15.2. The van der Waals surface area contributed by atoms with Crippen molar-refractivity contribution in [3.63, 3.8) is 0 Å². The Kier molecular flexibility index (Phi) is 5.54. The summed E-state index contributed by atoms with van der Waals surface area (Å²) in [7, 11) is 1.86. The number of rotatable bonds is 3. The molecule has 32 heavy (non-hydrogen) atoms. The van der Waals surface area contributed by atoms with E-state index in [9.17, 15) is 22.8 Å². The van der Waals surface area contributed by atoms with Crippen LogP contribution in [0.15, 0.2) is 30.7 Å². The highest BCUT2D eigenvalue weighted by atomic mass is 19.4. The molecule has 7 nitrogen and oxygen atoms in total. The number of nitrogens with zero attached hydrogens (tertiary/aromatic N) is 7. The summed E-state index contributed by atoms with van der Waals surface area (Å²) in [5.41, 5.74) is -0.883. The molecule has 4 heterocycles. The molecule has 0 aliphatic carbocycles. The van der Waals surface area contributed by atoms with Crippen molar-refractivity contribution < 1.29 is 17.6 Å². The fourth-order valence-electron chi connectivity index (χ4n) is 4.18. The minimum Gasteiger partial charge on any atom is -0.366 e. The fraction of sp³-hybridized carbons (Fsp3) is 0.381. The number of nitriles is 1. The average Bonchev–Trinajstić information content (AvgIpc) is 3.18. The van der Waals surface area contributed by atoms with Crippen LogP contribution < -0.4 is 4.90 Å². The number of anilines is 1. The molecule has 166 valence electrons. The molecule has 0 amide bonds. The van der Waals surface area contributed by atoms with Gasteiger partial charge in [-0.15, -0.1) is 10.2 Å². The molecule has 0 unspecified atom stereocenters. The number of piperidine rings is 1. The number of hydrogen-bond donors (Lipinski definition) is 0. The summed E-state index contributed by atoms with van der Waals surface area (Å²) in [5, 5.41) is 17.8. The molecule has 0 aromatic carbocycles. The van der Waals surface area contributed by atoms with Crippen molar-refractivity contribution in [2.24, 2.45) is 7.05 Å². The number of halogens is 4. The number of pyridine rings is 2. The predicted octanol–water partition coefficient (Wildman–Crippen LogP) is 4.07. The van der Waals surface area contributed by atoms with Crippen molar-refractivity contribution in [2.45, 2.75) is 37.9 Å². The molecule has 1 aliphatic rings. The first-order valence-corrected chi connectivity index (χ1v) is 9.93. The van der Waals surface area contributed by atoms with Crippen LogP contribution in [0.2, 0.25) is 0 Å². The number of hydrogen-bond acceptors (Lipinski definition) is 6. The van der Waals surface area contributed by atoms with E-state index in [-0.39, 0.29) is 34.5 Å². The first kappa shape index (κ1) is 21.7. The van der Waals surface area contributed by atoms with Gasteiger partial charge in [0, 0.05) is 37.3 Å². The van der Waals surface area contributed by atoms with E-state index in [0.717, 1.165) is 24.2 Å². The van der Waals surface area contributed by atoms with E-state index in [2.05, 4.69) is 20.2 Å². The zero-order valence-electron chi connectivity index (χ0n) is 17.3. The van der Waals surface area contributed by atoms with E-state index in [4.69, 9.17) is 0 Å². The van der Waals surface area contributed by atoms with Gasteiger partial charge in [-0.2, -0.15) is 22.8 Å². The zero-order chi connectivity index (χ0) is 23.0. The van der Waals surface area contributed by atoms with Crippen LogP contribution >= 0.6 is 0 Å². The summed E-state index contributed by atoms with van der Waals surface area (Å²) in [5.74, 6) is 0.198. The van der Waals surface area contributed by atoms with E-state index in [1.54, 1.807) is 6.33 Å². The van der Waals surface area contributed by atoms with E-state index in [0.29, 0.717) is 19.4 Å². The van der Waals surface area contributed by atoms with Gasteiger partial charge in [0.15, 0.2) is 0 Å². The van der Waals surface area contributed by atoms with Crippen molar-refractivity contribution in [2.75, 3.05) is 11.4 Å². The van der Waals surface area contributed by atoms with Gasteiger partial charge in [0.1, 0.15) is 23.9 Å². The Labute approximate surface area is 181 Å². The van der Waals surface area contributed by atoms with Crippen LogP contribution in [-0.2, 0) is 13.2 Å². The SMILES string of the molecule is C[C@H]1C[C@H](c2nncn2C)CCN1c1c(C#N)cc(C(F)(F)F)nc1-c1ccc(F)nc1. The van der Waals surface area contributed by atoms with Crippen LogP contribution in [0.3, 0.4) is 0 Å². The molecule has 11 heteroatoms. The Morgan fingerprint density at radius 1 is 1.25 bits per heavy atom. The minimum atomic E-state index is -4.74. The van der Waals surface area contributed by atoms with E-state index < -0.39 is 17.8 Å². The third-order valence-electron chi connectivity index (χ3n) is 5.68. The molecule has 0 bridgehead atoms. The summed E-state index contributed by atoms with van der Waals surface area (Å²) < 4.78 is 55.7. The maximum atomic E-state index is 13.5. The van der Waals surface area contributed by atoms with Crippen molar-refractivity contribution in [1.82, 2.24) is 24.7 Å². The van der Waals surface area contributed by atoms with Crippen LogP contribution in [0.4, 0.5) is 23.2 Å². The molecule has 1 saturated heterocycles. The molecular formula is C21H19F4N7. The van der Waals surface area contributed by atoms with Crippen molar-refractivity contribution >= 4 is 5.69 Å². The zero-order valence-corrected chi connectivity index (χ0v) is 17.3. The molecule has 4 rings (SSSR count). The maximum Gasteiger partial charge on any atom is 0.433 e. The molecule has 0 saturated carbocycles. The Hall–Kier alpha value is -3.55. The quantitative estimate of drug-likeness (QED) is 0.446. The van der Waals surface area contributed by atoms with Crippen LogP contribution in [-0.4, -0.2) is 37.3 Å². The van der Waals surface area contributed by atoms with Crippen molar-refractivity contribution in [3.8, 4) is 17.3 Å². The van der Waals surface area contributed by atoms with Gasteiger partial charge in [-0.05, 0) is 38.0 Å². The van der Waals surface area contributed by atoms with Crippen LogP contribution in [0.1, 0.15) is 42.8 Å². The highest BCUT2D eigenvalue weighted by Crippen LogP contribution is 2.41. The van der Waals surface area contributed by atoms with Gasteiger partial charge in [-0.3, -0.25) is 0 Å². The summed E-state index contributed by atoms with van der Waals surface area (Å²) in [4.78, 5) is 9.28. The molecule has 0 spiro atoms. The number of alkyl halides is 3. The molecule has 3 aromatic heterocycles. The number of aryl methyl sites for hydroxylation is 1. The first-order valence-electron chi connectivity index (χ1n) is 9.93. The number of aromatic nitrogens is 5. The molecular weight excluding hydrogens is 426 g/mol. The van der Waals surface area contributed by atoms with Gasteiger partial charge in [0.25, 0.3) is 0 Å². The smallest absolute Gasteiger partial charge is 0.366 e. The van der Waals surface area contributed by atoms with Gasteiger partial charge in [0.05, 0.1) is 16.9 Å². The minimum absolute atomic E-state index is 0.0483. The molecule has 1 aliphatic heterocycles. The topological polar surface area (TPSA) is 83.5 Å². The normalized spacial score (nSPS) is 19.1. The Morgan fingerprint density at radius 3 is 2.59 bits per heavy atom. The van der Waals surface area contributed by atoms with Gasteiger partial charge < -0.3 is 9.47 Å². The third-order valence-corrected chi connectivity index (χ3v) is 5.68. The third kappa shape index (κ3) is 4.00. The second-order valence-corrected chi connectivity index (χ2v) is 7.80. The van der Waals surface area contributed by atoms with E-state index >= 15 is 0 Å². The molecule has 0 N–H and O–H groups in total. The van der Waals surface area contributed by atoms with Crippen LogP contribution in [0.5, 0.6) is 0 Å². The monoisotopic (exact) mass is 445 g/mol. The average molecular weight is 445 g/mol. The summed E-state index contributed by atoms with van der Waals surface area (Å²) in [6, 6.07) is 4.90. The van der Waals surface area contributed by atoms with Crippen LogP contribution in [0.25, 0.3) is 11.3 Å². The fourth-order valence-corrected chi connectivity index (χ4v) is 4.18. The van der Waals surface area contributed by atoms with E-state index in [1.165, 1.54) is 6.07 Å². The largest absolute Gasteiger partial charge is 0.433 e. The lowest BCUT2D eigenvalue weighted by atomic mass is 9.89.